The smallest absolute Gasteiger partial charge is 0.309 e. The molecule has 0 saturated carbocycles. The number of piperidine rings is 1. The summed E-state index contributed by atoms with van der Waals surface area (Å²) in [6.45, 7) is 1.57. The molecule has 2 heterocycles. The molecule has 1 aliphatic rings. The van der Waals surface area contributed by atoms with Gasteiger partial charge in [-0.15, -0.1) is 0 Å². The summed E-state index contributed by atoms with van der Waals surface area (Å²) in [5.74, 6) is 5.33. The van der Waals surface area contributed by atoms with Crippen molar-refractivity contribution in [3.8, 4) is 17.6 Å². The fourth-order valence-corrected chi connectivity index (χ4v) is 5.23. The molecule has 0 unspecified atom stereocenters. The number of nitrogens with zero attached hydrogens (tertiary/aromatic N) is 2. The molecule has 194 valence electrons. The summed E-state index contributed by atoms with van der Waals surface area (Å²) in [5, 5.41) is 22.5. The van der Waals surface area contributed by atoms with Gasteiger partial charge in [-0.25, -0.2) is 4.39 Å². The number of likely N-dealkylation sites (tertiary alicyclic amines) is 1. The van der Waals surface area contributed by atoms with Gasteiger partial charge in [0, 0.05) is 35.8 Å². The molecule has 1 atom stereocenters. The number of aliphatic hydroxyl groups excluding tert-OH is 1. The summed E-state index contributed by atoms with van der Waals surface area (Å²) >= 11 is 12.4. The minimum absolute atomic E-state index is 0.241. The second kappa shape index (κ2) is 11.7. The first-order valence-corrected chi connectivity index (χ1v) is 12.7. The van der Waals surface area contributed by atoms with E-state index in [1.54, 1.807) is 25.3 Å². The maximum Gasteiger partial charge on any atom is 0.309 e. The van der Waals surface area contributed by atoms with E-state index in [-0.39, 0.29) is 11.4 Å². The van der Waals surface area contributed by atoms with Gasteiger partial charge in [0.2, 0.25) is 0 Å². The number of aromatic nitrogens is 1. The van der Waals surface area contributed by atoms with Gasteiger partial charge in [0.25, 0.3) is 0 Å². The Kier molecular flexibility index (Phi) is 8.56. The SMILES string of the molecule is COc1ccc2ncc(Cl)c([C@H](O)CCC3(C(=O)O)CCN(CC#Cc4ccc(F)cc4Cl)CC3)c2c1. The summed E-state index contributed by atoms with van der Waals surface area (Å²) in [4.78, 5) is 18.7. The molecule has 9 heteroatoms. The highest BCUT2D eigenvalue weighted by molar-refractivity contribution is 6.32. The molecule has 0 radical (unpaired) electrons. The molecular weight excluding hydrogens is 518 g/mol. The summed E-state index contributed by atoms with van der Waals surface area (Å²) in [6, 6.07) is 9.42. The Morgan fingerprint density at radius 1 is 1.22 bits per heavy atom. The molecule has 3 aromatic rings. The summed E-state index contributed by atoms with van der Waals surface area (Å²) in [7, 11) is 1.56. The van der Waals surface area contributed by atoms with Gasteiger partial charge in [0.05, 0.1) is 40.7 Å². The fraction of sp³-hybridized carbons (Fsp3) is 0.357. The van der Waals surface area contributed by atoms with E-state index in [4.69, 9.17) is 27.9 Å². The second-order valence-electron chi connectivity index (χ2n) is 9.24. The predicted molar refractivity (Wildman–Crippen MR) is 142 cm³/mol. The van der Waals surface area contributed by atoms with E-state index in [2.05, 4.69) is 21.7 Å². The molecule has 37 heavy (non-hydrogen) atoms. The van der Waals surface area contributed by atoms with Gasteiger partial charge in [-0.1, -0.05) is 35.0 Å². The average Bonchev–Trinajstić information content (AvgIpc) is 2.88. The van der Waals surface area contributed by atoms with Crippen LogP contribution in [0.5, 0.6) is 5.75 Å². The van der Waals surface area contributed by atoms with Crippen LogP contribution in [0.1, 0.15) is 42.9 Å². The Hall–Kier alpha value is -2.89. The van der Waals surface area contributed by atoms with E-state index in [1.165, 1.54) is 24.4 Å². The first-order valence-electron chi connectivity index (χ1n) is 11.9. The zero-order valence-corrected chi connectivity index (χ0v) is 21.8. The van der Waals surface area contributed by atoms with Crippen LogP contribution >= 0.6 is 23.2 Å². The minimum atomic E-state index is -0.953. The maximum absolute atomic E-state index is 13.2. The van der Waals surface area contributed by atoms with Gasteiger partial charge in [-0.2, -0.15) is 0 Å². The highest BCUT2D eigenvalue weighted by Crippen LogP contribution is 2.41. The monoisotopic (exact) mass is 544 g/mol. The molecule has 0 bridgehead atoms. The van der Waals surface area contributed by atoms with E-state index >= 15 is 0 Å². The Morgan fingerprint density at radius 3 is 2.65 bits per heavy atom. The number of carboxylic acids is 1. The van der Waals surface area contributed by atoms with Crippen LogP contribution in [0.15, 0.2) is 42.6 Å². The molecule has 1 aliphatic heterocycles. The van der Waals surface area contributed by atoms with Crippen LogP contribution in [-0.4, -0.2) is 52.8 Å². The zero-order chi connectivity index (χ0) is 26.6. The summed E-state index contributed by atoms with van der Waals surface area (Å²) in [6.07, 6.45) is 1.97. The lowest BCUT2D eigenvalue weighted by atomic mass is 9.74. The van der Waals surface area contributed by atoms with Crippen molar-refractivity contribution < 1.29 is 24.1 Å². The molecule has 2 N–H and O–H groups in total. The van der Waals surface area contributed by atoms with Crippen LogP contribution in [0.3, 0.4) is 0 Å². The number of benzene rings is 2. The number of carboxylic acid groups (broad SMARTS) is 1. The van der Waals surface area contributed by atoms with Crippen LogP contribution in [0.25, 0.3) is 10.9 Å². The Bertz CT molecular complexity index is 1360. The van der Waals surface area contributed by atoms with Gasteiger partial charge in [0.15, 0.2) is 0 Å². The quantitative estimate of drug-likeness (QED) is 0.370. The molecule has 0 amide bonds. The van der Waals surface area contributed by atoms with E-state index in [9.17, 15) is 19.4 Å². The van der Waals surface area contributed by atoms with Gasteiger partial charge in [-0.3, -0.25) is 14.7 Å². The molecular formula is C28H27Cl2FN2O4. The number of methoxy groups -OCH3 is 1. The van der Waals surface area contributed by atoms with Gasteiger partial charge in [-0.05, 0) is 62.1 Å². The lowest BCUT2D eigenvalue weighted by molar-refractivity contribution is -0.153. The lowest BCUT2D eigenvalue weighted by Gasteiger charge is -2.38. The topological polar surface area (TPSA) is 82.9 Å². The van der Waals surface area contributed by atoms with Crippen molar-refractivity contribution in [3.63, 3.8) is 0 Å². The average molecular weight is 545 g/mol. The number of hydrogen-bond donors (Lipinski definition) is 2. The van der Waals surface area contributed by atoms with Gasteiger partial charge in [0.1, 0.15) is 11.6 Å². The number of aliphatic hydroxyl groups is 1. The Morgan fingerprint density at radius 2 is 1.97 bits per heavy atom. The zero-order valence-electron chi connectivity index (χ0n) is 20.3. The number of hydrogen-bond acceptors (Lipinski definition) is 5. The van der Waals surface area contributed by atoms with E-state index in [0.717, 1.165) is 0 Å². The lowest BCUT2D eigenvalue weighted by Crippen LogP contribution is -2.44. The van der Waals surface area contributed by atoms with Crippen LogP contribution in [0, 0.1) is 23.1 Å². The third kappa shape index (κ3) is 6.16. The molecule has 4 rings (SSSR count). The fourth-order valence-electron chi connectivity index (χ4n) is 4.74. The van der Waals surface area contributed by atoms with Crippen molar-refractivity contribution in [2.45, 2.75) is 31.8 Å². The number of pyridine rings is 1. The number of fused-ring (bicyclic) bond motifs is 1. The largest absolute Gasteiger partial charge is 0.497 e. The van der Waals surface area contributed by atoms with E-state index < -0.39 is 23.3 Å². The standard InChI is InChI=1S/C28H27Cl2FN2O4/c1-37-20-6-7-24-21(16-20)26(23(30)17-32-24)25(34)8-9-28(27(35)36)10-13-33(14-11-28)12-2-3-18-4-5-19(31)15-22(18)29/h4-7,15-17,25,34H,8-14H2,1H3,(H,35,36)/t25-/m1/s1. The van der Waals surface area contributed by atoms with Crippen molar-refractivity contribution in [2.75, 3.05) is 26.7 Å². The normalized spacial score (nSPS) is 16.1. The Labute approximate surface area is 225 Å². The third-order valence-corrected chi connectivity index (χ3v) is 7.64. The highest BCUT2D eigenvalue weighted by atomic mass is 35.5. The molecule has 2 aromatic carbocycles. The van der Waals surface area contributed by atoms with Crippen molar-refractivity contribution in [2.24, 2.45) is 5.41 Å². The van der Waals surface area contributed by atoms with E-state index in [0.29, 0.717) is 71.7 Å². The number of halogens is 3. The molecule has 0 aliphatic carbocycles. The number of ether oxygens (including phenoxy) is 1. The van der Waals surface area contributed by atoms with Crippen LogP contribution in [0.2, 0.25) is 10.0 Å². The third-order valence-electron chi connectivity index (χ3n) is 7.02. The number of carbonyl (C=O) groups is 1. The van der Waals surface area contributed by atoms with Crippen molar-refractivity contribution in [1.82, 2.24) is 9.88 Å². The first-order chi connectivity index (χ1) is 17.7. The van der Waals surface area contributed by atoms with Gasteiger partial charge >= 0.3 is 5.97 Å². The van der Waals surface area contributed by atoms with Crippen LogP contribution in [0.4, 0.5) is 4.39 Å². The van der Waals surface area contributed by atoms with E-state index in [1.807, 2.05) is 0 Å². The predicted octanol–water partition coefficient (Wildman–Crippen LogP) is 5.72. The molecule has 0 spiro atoms. The van der Waals surface area contributed by atoms with Gasteiger partial charge < -0.3 is 14.9 Å². The van der Waals surface area contributed by atoms with Crippen LogP contribution < -0.4 is 4.74 Å². The second-order valence-corrected chi connectivity index (χ2v) is 10.1. The Balaban J connectivity index is 1.41. The molecule has 6 nitrogen and oxygen atoms in total. The summed E-state index contributed by atoms with van der Waals surface area (Å²) in [5.41, 5.74) is 0.800. The molecule has 1 aromatic heterocycles. The number of aliphatic carboxylic acids is 1. The summed E-state index contributed by atoms with van der Waals surface area (Å²) < 4.78 is 18.5. The minimum Gasteiger partial charge on any atom is -0.497 e. The van der Waals surface area contributed by atoms with Crippen molar-refractivity contribution >= 4 is 40.1 Å². The highest BCUT2D eigenvalue weighted by Gasteiger charge is 2.41. The maximum atomic E-state index is 13.2. The van der Waals surface area contributed by atoms with Crippen molar-refractivity contribution in [3.05, 3.63) is 69.6 Å². The van der Waals surface area contributed by atoms with Crippen molar-refractivity contribution in [1.29, 1.82) is 0 Å². The molecule has 1 saturated heterocycles. The number of rotatable bonds is 7. The first kappa shape index (κ1) is 27.2. The van der Waals surface area contributed by atoms with Crippen LogP contribution in [-0.2, 0) is 4.79 Å². The molecule has 1 fully saturated rings.